The van der Waals surface area contributed by atoms with Crippen molar-refractivity contribution in [3.63, 3.8) is 0 Å². The lowest BCUT2D eigenvalue weighted by Crippen LogP contribution is -2.33. The summed E-state index contributed by atoms with van der Waals surface area (Å²) in [5.74, 6) is -3.12. The molecule has 0 spiro atoms. The molecule has 1 aliphatic rings. The van der Waals surface area contributed by atoms with Gasteiger partial charge < -0.3 is 19.9 Å². The second kappa shape index (κ2) is 9.93. The van der Waals surface area contributed by atoms with Crippen LogP contribution in [0.4, 0.5) is 5.69 Å². The summed E-state index contributed by atoms with van der Waals surface area (Å²) >= 11 is 6.29. The van der Waals surface area contributed by atoms with Gasteiger partial charge in [0.15, 0.2) is 0 Å². The Hall–Kier alpha value is -2.91. The quantitative estimate of drug-likeness (QED) is 0.346. The first-order valence-corrected chi connectivity index (χ1v) is 9.93. The molecule has 31 heavy (non-hydrogen) atoms. The minimum absolute atomic E-state index is 0.0176. The molecule has 168 valence electrons. The molecule has 1 aromatic rings. The van der Waals surface area contributed by atoms with Crippen LogP contribution in [-0.4, -0.2) is 41.8 Å². The number of carbonyl (C=O) groups is 2. The molecule has 1 aliphatic heterocycles. The fourth-order valence-corrected chi connectivity index (χ4v) is 3.83. The number of rotatable bonds is 8. The average Bonchev–Trinajstić information content (AvgIpc) is 2.67. The van der Waals surface area contributed by atoms with Crippen molar-refractivity contribution in [1.82, 2.24) is 5.32 Å². The van der Waals surface area contributed by atoms with E-state index in [0.717, 1.165) is 0 Å². The molecule has 0 fully saturated rings. The number of methoxy groups -OCH3 is 1. The van der Waals surface area contributed by atoms with Gasteiger partial charge in [0.25, 0.3) is 5.69 Å². The first-order chi connectivity index (χ1) is 14.5. The highest BCUT2D eigenvalue weighted by atomic mass is 35.5. The maximum Gasteiger partial charge on any atom is 0.336 e. The number of ether oxygens (including phenoxy) is 2. The number of carboxylic acids is 1. The molecule has 2 N–H and O–H groups in total. The largest absolute Gasteiger partial charge is 0.478 e. The normalized spacial score (nSPS) is 17.5. The van der Waals surface area contributed by atoms with E-state index >= 15 is 0 Å². The Morgan fingerprint density at radius 2 is 1.87 bits per heavy atom. The molecule has 2 rings (SSSR count). The maximum absolute atomic E-state index is 13.1. The molecule has 2 atom stereocenters. The van der Waals surface area contributed by atoms with Gasteiger partial charge in [-0.3, -0.25) is 10.1 Å². The van der Waals surface area contributed by atoms with E-state index in [-0.39, 0.29) is 46.0 Å². The van der Waals surface area contributed by atoms with Crippen LogP contribution in [0.2, 0.25) is 5.02 Å². The Bertz CT molecular complexity index is 968. The van der Waals surface area contributed by atoms with Crippen LogP contribution >= 0.6 is 11.6 Å². The standard InChI is InChI=1S/C21H25ClN2O7/c1-10(2)15(30-5)9-31-21(27)17-12(4)23-11(3)16(20(25)26)18(17)13-7-6-8-14(19(13)22)24(28)29/h6-8,10,15,18,23H,9H2,1-5H3,(H,25,26). The van der Waals surface area contributed by atoms with Crippen molar-refractivity contribution in [2.45, 2.75) is 39.7 Å². The van der Waals surface area contributed by atoms with Crippen LogP contribution in [0.1, 0.15) is 39.2 Å². The molecule has 9 nitrogen and oxygen atoms in total. The number of allylic oxidation sites excluding steroid dienone is 2. The van der Waals surface area contributed by atoms with Gasteiger partial charge in [-0.05, 0) is 25.3 Å². The lowest BCUT2D eigenvalue weighted by atomic mass is 9.80. The number of aliphatic carboxylic acids is 1. The van der Waals surface area contributed by atoms with Gasteiger partial charge in [0, 0.05) is 24.6 Å². The molecule has 0 aliphatic carbocycles. The summed E-state index contributed by atoms with van der Waals surface area (Å²) in [5, 5.41) is 23.9. The highest BCUT2D eigenvalue weighted by Crippen LogP contribution is 2.43. The second-order valence-electron chi connectivity index (χ2n) is 7.49. The number of nitro groups is 1. The van der Waals surface area contributed by atoms with Gasteiger partial charge in [-0.25, -0.2) is 9.59 Å². The number of benzene rings is 1. The summed E-state index contributed by atoms with van der Waals surface area (Å²) in [6.07, 6.45) is -0.350. The van der Waals surface area contributed by atoms with Crippen LogP contribution < -0.4 is 5.32 Å². The van der Waals surface area contributed by atoms with Gasteiger partial charge in [-0.15, -0.1) is 0 Å². The molecule has 0 saturated carbocycles. The van der Waals surface area contributed by atoms with Crippen LogP contribution in [0.5, 0.6) is 0 Å². The minimum atomic E-state index is -1.28. The third-order valence-electron chi connectivity index (χ3n) is 5.15. The minimum Gasteiger partial charge on any atom is -0.478 e. The SMILES string of the molecule is COC(COC(=O)C1=C(C)NC(C)=C(C(=O)O)C1c1cccc([N+](=O)[O-])c1Cl)C(C)C. The fourth-order valence-electron chi connectivity index (χ4n) is 3.53. The number of dihydropyridines is 1. The van der Waals surface area contributed by atoms with Crippen LogP contribution in [0.15, 0.2) is 40.7 Å². The molecule has 0 amide bonds. The third-order valence-corrected chi connectivity index (χ3v) is 5.56. The average molecular weight is 453 g/mol. The van der Waals surface area contributed by atoms with Crippen molar-refractivity contribution >= 4 is 29.2 Å². The number of carbonyl (C=O) groups excluding carboxylic acids is 1. The topological polar surface area (TPSA) is 128 Å². The molecule has 2 unspecified atom stereocenters. The van der Waals surface area contributed by atoms with E-state index in [1.807, 2.05) is 13.8 Å². The summed E-state index contributed by atoms with van der Waals surface area (Å²) in [6, 6.07) is 4.08. The van der Waals surface area contributed by atoms with E-state index in [1.165, 1.54) is 25.3 Å². The van der Waals surface area contributed by atoms with Crippen molar-refractivity contribution in [2.75, 3.05) is 13.7 Å². The van der Waals surface area contributed by atoms with Gasteiger partial charge in [-0.1, -0.05) is 37.6 Å². The Labute approximate surface area is 184 Å². The Balaban J connectivity index is 2.59. The Kier molecular flexibility index (Phi) is 7.80. The van der Waals surface area contributed by atoms with E-state index in [0.29, 0.717) is 11.4 Å². The van der Waals surface area contributed by atoms with Gasteiger partial charge in [-0.2, -0.15) is 0 Å². The lowest BCUT2D eigenvalue weighted by Gasteiger charge is -2.30. The molecule has 1 aromatic carbocycles. The summed E-state index contributed by atoms with van der Waals surface area (Å²) in [4.78, 5) is 35.8. The van der Waals surface area contributed by atoms with Crippen LogP contribution in [-0.2, 0) is 19.1 Å². The van der Waals surface area contributed by atoms with Crippen molar-refractivity contribution in [3.8, 4) is 0 Å². The van der Waals surface area contributed by atoms with Crippen molar-refractivity contribution in [2.24, 2.45) is 5.92 Å². The van der Waals surface area contributed by atoms with Crippen LogP contribution in [0, 0.1) is 16.0 Å². The Morgan fingerprint density at radius 1 is 1.26 bits per heavy atom. The van der Waals surface area contributed by atoms with Crippen molar-refractivity contribution < 1.29 is 29.1 Å². The van der Waals surface area contributed by atoms with E-state index in [2.05, 4.69) is 5.32 Å². The van der Waals surface area contributed by atoms with Gasteiger partial charge >= 0.3 is 11.9 Å². The number of carboxylic acid groups (broad SMARTS) is 1. The van der Waals surface area contributed by atoms with E-state index < -0.39 is 22.8 Å². The third kappa shape index (κ3) is 5.05. The number of nitrogens with zero attached hydrogens (tertiary/aromatic N) is 1. The number of esters is 1. The zero-order valence-corrected chi connectivity index (χ0v) is 18.6. The Morgan fingerprint density at radius 3 is 2.39 bits per heavy atom. The summed E-state index contributed by atoms with van der Waals surface area (Å²) in [6.45, 7) is 6.94. The smallest absolute Gasteiger partial charge is 0.336 e. The highest BCUT2D eigenvalue weighted by molar-refractivity contribution is 6.33. The summed E-state index contributed by atoms with van der Waals surface area (Å²) < 4.78 is 10.8. The molecule has 1 heterocycles. The number of nitro benzene ring substituents is 1. The molecule has 10 heteroatoms. The molecule has 0 bridgehead atoms. The molecule has 0 radical (unpaired) electrons. The first kappa shape index (κ1) is 24.4. The number of hydrogen-bond donors (Lipinski definition) is 2. The number of nitrogens with one attached hydrogen (secondary N) is 1. The maximum atomic E-state index is 13.1. The lowest BCUT2D eigenvalue weighted by molar-refractivity contribution is -0.384. The van der Waals surface area contributed by atoms with E-state index in [4.69, 9.17) is 21.1 Å². The second-order valence-corrected chi connectivity index (χ2v) is 7.87. The number of halogens is 1. The molecular formula is C21H25ClN2O7. The van der Waals surface area contributed by atoms with E-state index in [1.54, 1.807) is 13.8 Å². The molecule has 0 saturated heterocycles. The summed E-state index contributed by atoms with van der Waals surface area (Å²) in [5.41, 5.74) is 0.290. The number of hydrogen-bond acceptors (Lipinski definition) is 7. The van der Waals surface area contributed by atoms with E-state index in [9.17, 15) is 24.8 Å². The predicted octanol–water partition coefficient (Wildman–Crippen LogP) is 3.78. The fraction of sp³-hybridized carbons (Fsp3) is 0.429. The van der Waals surface area contributed by atoms with Gasteiger partial charge in [0.2, 0.25) is 0 Å². The monoisotopic (exact) mass is 452 g/mol. The van der Waals surface area contributed by atoms with Gasteiger partial charge in [0.05, 0.1) is 28.1 Å². The van der Waals surface area contributed by atoms with Gasteiger partial charge in [0.1, 0.15) is 11.6 Å². The predicted molar refractivity (Wildman–Crippen MR) is 114 cm³/mol. The molecular weight excluding hydrogens is 428 g/mol. The summed E-state index contributed by atoms with van der Waals surface area (Å²) in [7, 11) is 1.51. The zero-order chi connectivity index (χ0) is 23.5. The van der Waals surface area contributed by atoms with Crippen LogP contribution in [0.25, 0.3) is 0 Å². The zero-order valence-electron chi connectivity index (χ0n) is 17.9. The first-order valence-electron chi connectivity index (χ1n) is 9.55. The van der Waals surface area contributed by atoms with Crippen molar-refractivity contribution in [3.05, 3.63) is 61.4 Å². The van der Waals surface area contributed by atoms with Crippen LogP contribution in [0.3, 0.4) is 0 Å². The molecule has 0 aromatic heterocycles. The van der Waals surface area contributed by atoms with Crippen molar-refractivity contribution in [1.29, 1.82) is 0 Å². The highest BCUT2D eigenvalue weighted by Gasteiger charge is 2.39.